The Labute approximate surface area is 277 Å². The number of para-hydroxylation sites is 1. The molecule has 260 valence electrons. The third-order valence-electron chi connectivity index (χ3n) is 13.0. The van der Waals surface area contributed by atoms with Crippen LogP contribution in [0.25, 0.3) is 0 Å². The largest absolute Gasteiger partial charge is 0.462 e. The summed E-state index contributed by atoms with van der Waals surface area (Å²) in [5.41, 5.74) is 0.323. The predicted molar refractivity (Wildman–Crippen MR) is 180 cm³/mol. The summed E-state index contributed by atoms with van der Waals surface area (Å²) in [6.07, 6.45) is 8.20. The molecule has 4 fully saturated rings. The topological polar surface area (TPSA) is 114 Å². The molecule has 0 aromatic heterocycles. The maximum atomic E-state index is 14.0. The van der Waals surface area contributed by atoms with E-state index in [0.717, 1.165) is 51.4 Å². The van der Waals surface area contributed by atoms with E-state index >= 15 is 0 Å². The lowest BCUT2D eigenvalue weighted by Gasteiger charge is -2.64. The van der Waals surface area contributed by atoms with Crippen molar-refractivity contribution >= 4 is 13.7 Å². The minimum Gasteiger partial charge on any atom is -0.462 e. The fraction of sp³-hybridized carbons (Fsp3) is 0.811. The van der Waals surface area contributed by atoms with E-state index in [2.05, 4.69) is 32.8 Å². The second-order valence-corrected chi connectivity index (χ2v) is 17.7. The summed E-state index contributed by atoms with van der Waals surface area (Å²) < 4.78 is 31.2. The van der Waals surface area contributed by atoms with Crippen molar-refractivity contribution in [1.82, 2.24) is 5.09 Å². The molecule has 0 spiro atoms. The van der Waals surface area contributed by atoms with Gasteiger partial charge in [-0.05, 0) is 137 Å². The number of hydrogen-bond donors (Lipinski definition) is 3. The highest BCUT2D eigenvalue weighted by molar-refractivity contribution is 7.52. The van der Waals surface area contributed by atoms with Gasteiger partial charge >= 0.3 is 13.7 Å². The van der Waals surface area contributed by atoms with Gasteiger partial charge in [-0.1, -0.05) is 52.3 Å². The van der Waals surface area contributed by atoms with Crippen LogP contribution in [0.4, 0.5) is 0 Å². The SMILES string of the molecule is CC[C@@H]1C2C[C@H](O)CC[C@]2(C)C2CC[C@@]3(C)C(CC[C@@H]3[C@H](C)CCOP(=O)(N[C@@H](C)C(=O)OC(C)C)Oc3ccccc3)C2[C@@H]1O. The van der Waals surface area contributed by atoms with Crippen LogP contribution in [-0.4, -0.2) is 47.1 Å². The average molecular weight is 662 g/mol. The highest BCUT2D eigenvalue weighted by Gasteiger charge is 2.64. The van der Waals surface area contributed by atoms with Crippen molar-refractivity contribution in [2.24, 2.45) is 52.3 Å². The molecular formula is C37H60NO7P. The molecule has 1 aromatic rings. The van der Waals surface area contributed by atoms with Gasteiger partial charge in [-0.2, -0.15) is 5.09 Å². The number of hydrogen-bond acceptors (Lipinski definition) is 7. The minimum absolute atomic E-state index is 0.134. The number of aliphatic hydroxyl groups is 2. The molecular weight excluding hydrogens is 601 g/mol. The molecule has 13 atom stereocenters. The van der Waals surface area contributed by atoms with Gasteiger partial charge in [-0.25, -0.2) is 4.57 Å². The van der Waals surface area contributed by atoms with E-state index in [4.69, 9.17) is 13.8 Å². The first kappa shape index (κ1) is 35.9. The predicted octanol–water partition coefficient (Wildman–Crippen LogP) is 7.77. The van der Waals surface area contributed by atoms with Crippen LogP contribution in [0.5, 0.6) is 5.75 Å². The molecule has 9 heteroatoms. The van der Waals surface area contributed by atoms with Crippen LogP contribution in [0.2, 0.25) is 0 Å². The lowest BCUT2D eigenvalue weighted by atomic mass is 9.41. The lowest BCUT2D eigenvalue weighted by Crippen LogP contribution is -2.62. The third kappa shape index (κ3) is 6.99. The fourth-order valence-electron chi connectivity index (χ4n) is 10.8. The molecule has 3 N–H and O–H groups in total. The molecule has 0 heterocycles. The van der Waals surface area contributed by atoms with Crippen LogP contribution < -0.4 is 9.61 Å². The van der Waals surface area contributed by atoms with Crippen LogP contribution in [0.3, 0.4) is 0 Å². The Hall–Kier alpha value is -1.44. The van der Waals surface area contributed by atoms with E-state index in [9.17, 15) is 19.6 Å². The van der Waals surface area contributed by atoms with Crippen molar-refractivity contribution in [2.45, 2.75) is 131 Å². The number of aliphatic hydroxyl groups excluding tert-OH is 2. The summed E-state index contributed by atoms with van der Waals surface area (Å²) >= 11 is 0. The number of fused-ring (bicyclic) bond motifs is 5. The average Bonchev–Trinajstić information content (AvgIpc) is 3.35. The summed E-state index contributed by atoms with van der Waals surface area (Å²) in [7, 11) is -3.89. The van der Waals surface area contributed by atoms with E-state index in [1.807, 2.05) is 6.07 Å². The van der Waals surface area contributed by atoms with Gasteiger partial charge in [0.1, 0.15) is 11.8 Å². The van der Waals surface area contributed by atoms with Crippen LogP contribution in [-0.2, 0) is 18.6 Å². The number of rotatable bonds is 12. The van der Waals surface area contributed by atoms with Gasteiger partial charge in [0.2, 0.25) is 0 Å². The Kier molecular flexibility index (Phi) is 11.1. The van der Waals surface area contributed by atoms with Crippen molar-refractivity contribution in [3.8, 4) is 5.75 Å². The van der Waals surface area contributed by atoms with Crippen molar-refractivity contribution in [3.05, 3.63) is 30.3 Å². The van der Waals surface area contributed by atoms with Gasteiger partial charge in [0.05, 0.1) is 24.9 Å². The molecule has 0 aliphatic heterocycles. The van der Waals surface area contributed by atoms with Crippen LogP contribution >= 0.6 is 7.75 Å². The molecule has 4 saturated carbocycles. The number of carbonyl (C=O) groups is 1. The Morgan fingerprint density at radius 2 is 1.65 bits per heavy atom. The second kappa shape index (κ2) is 14.2. The van der Waals surface area contributed by atoms with E-state index in [0.29, 0.717) is 47.7 Å². The molecule has 5 unspecified atom stereocenters. The van der Waals surface area contributed by atoms with Gasteiger partial charge in [-0.3, -0.25) is 9.32 Å². The molecule has 46 heavy (non-hydrogen) atoms. The van der Waals surface area contributed by atoms with Crippen LogP contribution in [0, 0.1) is 52.3 Å². The van der Waals surface area contributed by atoms with Crippen LogP contribution in [0.1, 0.15) is 106 Å². The molecule has 5 rings (SSSR count). The highest BCUT2D eigenvalue weighted by atomic mass is 31.2. The zero-order chi connectivity index (χ0) is 33.4. The first-order chi connectivity index (χ1) is 21.7. The van der Waals surface area contributed by atoms with Crippen molar-refractivity contribution < 1.29 is 33.4 Å². The van der Waals surface area contributed by atoms with Gasteiger partial charge in [0.25, 0.3) is 0 Å². The Morgan fingerprint density at radius 1 is 0.978 bits per heavy atom. The molecule has 1 aromatic carbocycles. The summed E-state index contributed by atoms with van der Waals surface area (Å²) in [6.45, 7) is 14.9. The Balaban J connectivity index is 1.26. The maximum absolute atomic E-state index is 14.0. The monoisotopic (exact) mass is 661 g/mol. The summed E-state index contributed by atoms with van der Waals surface area (Å²) in [6, 6.07) is 8.01. The molecule has 0 radical (unpaired) electrons. The first-order valence-corrected chi connectivity index (χ1v) is 19.6. The molecule has 0 bridgehead atoms. The second-order valence-electron chi connectivity index (χ2n) is 16.0. The fourth-order valence-corrected chi connectivity index (χ4v) is 12.3. The van der Waals surface area contributed by atoms with Crippen molar-refractivity contribution in [2.75, 3.05) is 6.61 Å². The van der Waals surface area contributed by atoms with Crippen molar-refractivity contribution in [3.63, 3.8) is 0 Å². The molecule has 4 aliphatic carbocycles. The quantitative estimate of drug-likeness (QED) is 0.154. The standard InChI is InChI=1S/C37H60NO7P/c1-8-28-32-22-26(39)16-19-37(32,7)31-17-20-36(6)29(14-15-30(36)33(31)34(28)40)24(4)18-21-43-46(42,45-27-12-10-9-11-13-27)38-25(5)35(41)44-23(2)3/h9-13,23-26,28-34,39-40H,8,14-22H2,1-7H3,(H,38,42)/t24-,25+,26-,28-,29-,30?,31?,32?,33?,34-,36-,37-,46?/m1/s1. The van der Waals surface area contributed by atoms with E-state index in [1.54, 1.807) is 45.0 Å². The first-order valence-electron chi connectivity index (χ1n) is 18.1. The van der Waals surface area contributed by atoms with E-state index in [1.165, 1.54) is 0 Å². The number of benzene rings is 1. The summed E-state index contributed by atoms with van der Waals surface area (Å²) in [5, 5.41) is 25.4. The molecule has 0 saturated heterocycles. The summed E-state index contributed by atoms with van der Waals surface area (Å²) in [5.74, 6) is 2.65. The normalized spacial score (nSPS) is 39.8. The van der Waals surface area contributed by atoms with Gasteiger partial charge in [0, 0.05) is 0 Å². The van der Waals surface area contributed by atoms with E-state index < -0.39 is 19.8 Å². The number of carbonyl (C=O) groups excluding carboxylic acids is 1. The third-order valence-corrected chi connectivity index (χ3v) is 14.7. The number of esters is 1. The van der Waals surface area contributed by atoms with Crippen molar-refractivity contribution in [1.29, 1.82) is 0 Å². The summed E-state index contributed by atoms with van der Waals surface area (Å²) in [4.78, 5) is 12.5. The van der Waals surface area contributed by atoms with Gasteiger partial charge in [-0.15, -0.1) is 0 Å². The Morgan fingerprint density at radius 3 is 2.33 bits per heavy atom. The highest BCUT2D eigenvalue weighted by Crippen LogP contribution is 2.69. The van der Waals surface area contributed by atoms with Gasteiger partial charge in [0.15, 0.2) is 0 Å². The zero-order valence-electron chi connectivity index (χ0n) is 29.2. The molecule has 0 amide bonds. The molecule has 4 aliphatic rings. The zero-order valence-corrected chi connectivity index (χ0v) is 30.1. The molecule has 8 nitrogen and oxygen atoms in total. The number of nitrogens with one attached hydrogen (secondary N) is 1. The maximum Gasteiger partial charge on any atom is 0.459 e. The van der Waals surface area contributed by atoms with Gasteiger partial charge < -0.3 is 19.5 Å². The van der Waals surface area contributed by atoms with Crippen LogP contribution in [0.15, 0.2) is 30.3 Å². The smallest absolute Gasteiger partial charge is 0.459 e. The minimum atomic E-state index is -3.89. The number of ether oxygens (including phenoxy) is 1. The Bertz CT molecular complexity index is 1230. The lowest BCUT2D eigenvalue weighted by molar-refractivity contribution is -0.203. The van der Waals surface area contributed by atoms with E-state index in [-0.39, 0.29) is 41.7 Å².